The number of thiophene rings is 1. The molecule has 0 unspecified atom stereocenters. The molecule has 0 amide bonds. The molecule has 2 aliphatic rings. The van der Waals surface area contributed by atoms with Crippen molar-refractivity contribution in [3.05, 3.63) is 45.1 Å². The highest BCUT2D eigenvalue weighted by Gasteiger charge is 2.29. The Morgan fingerprint density at radius 1 is 1.09 bits per heavy atom. The number of ether oxygens (including phenoxy) is 1. The van der Waals surface area contributed by atoms with E-state index < -0.39 is 5.72 Å². The summed E-state index contributed by atoms with van der Waals surface area (Å²) >= 11 is 8.13. The van der Waals surface area contributed by atoms with Crippen molar-refractivity contribution in [2.45, 2.75) is 76.6 Å². The van der Waals surface area contributed by atoms with Crippen LogP contribution in [0.3, 0.4) is 0 Å². The van der Waals surface area contributed by atoms with Gasteiger partial charge in [-0.05, 0) is 74.6 Å². The van der Waals surface area contributed by atoms with E-state index in [2.05, 4.69) is 10.6 Å². The number of halogens is 1. The maximum Gasteiger partial charge on any atom is 0.146 e. The van der Waals surface area contributed by atoms with Crippen LogP contribution in [0.15, 0.2) is 18.2 Å². The Morgan fingerprint density at radius 3 is 2.70 bits per heavy atom. The van der Waals surface area contributed by atoms with E-state index in [-0.39, 0.29) is 0 Å². The first kappa shape index (κ1) is 22.8. The quantitative estimate of drug-likeness (QED) is 0.378. The van der Waals surface area contributed by atoms with E-state index >= 15 is 0 Å². The number of aromatic nitrogens is 2. The Hall–Kier alpha value is -1.93. The van der Waals surface area contributed by atoms with Crippen molar-refractivity contribution in [1.82, 2.24) is 15.3 Å². The number of methoxy groups -OCH3 is 1. The Balaban J connectivity index is 1.43. The summed E-state index contributed by atoms with van der Waals surface area (Å²) in [7, 11) is 1.62. The van der Waals surface area contributed by atoms with Crippen molar-refractivity contribution in [3.8, 4) is 5.75 Å². The molecule has 3 aromatic rings. The standard InChI is InChI=1S/C25H31ClN4O2S/c1-32-19-10-9-16(13-18(19)26)14-27-23-22-17-7-3-4-8-20(17)33-24(22)30-21(29-23)15-28-25(31)11-5-2-6-12-25/h9-10,13,28,31H,2-8,11-12,14-15H2,1H3,(H,27,29,30). The number of aliphatic hydroxyl groups is 1. The molecule has 0 saturated heterocycles. The first-order valence-electron chi connectivity index (χ1n) is 11.9. The van der Waals surface area contributed by atoms with E-state index in [0.29, 0.717) is 23.9 Å². The molecule has 2 aliphatic carbocycles. The van der Waals surface area contributed by atoms with Gasteiger partial charge in [0.2, 0.25) is 0 Å². The Morgan fingerprint density at radius 2 is 1.91 bits per heavy atom. The number of benzene rings is 1. The molecule has 8 heteroatoms. The second-order valence-corrected chi connectivity index (χ2v) is 10.6. The van der Waals surface area contributed by atoms with Gasteiger partial charge in [0.15, 0.2) is 0 Å². The summed E-state index contributed by atoms with van der Waals surface area (Å²) in [5.41, 5.74) is 1.66. The Labute approximate surface area is 203 Å². The number of fused-ring (bicyclic) bond motifs is 3. The zero-order valence-corrected chi connectivity index (χ0v) is 20.6. The van der Waals surface area contributed by atoms with E-state index in [0.717, 1.165) is 65.9 Å². The first-order valence-corrected chi connectivity index (χ1v) is 13.1. The second kappa shape index (κ2) is 9.74. The maximum atomic E-state index is 10.9. The van der Waals surface area contributed by atoms with Crippen molar-refractivity contribution in [1.29, 1.82) is 0 Å². The van der Waals surface area contributed by atoms with Gasteiger partial charge < -0.3 is 15.2 Å². The van der Waals surface area contributed by atoms with Gasteiger partial charge in [-0.2, -0.15) is 0 Å². The minimum atomic E-state index is -0.807. The molecule has 3 N–H and O–H groups in total. The molecule has 5 rings (SSSR count). The minimum absolute atomic E-state index is 0.456. The molecule has 0 aliphatic heterocycles. The average molecular weight is 487 g/mol. The predicted molar refractivity (Wildman–Crippen MR) is 134 cm³/mol. The van der Waals surface area contributed by atoms with Crippen molar-refractivity contribution < 1.29 is 9.84 Å². The highest BCUT2D eigenvalue weighted by molar-refractivity contribution is 7.19. The lowest BCUT2D eigenvalue weighted by atomic mass is 9.92. The predicted octanol–water partition coefficient (Wildman–Crippen LogP) is 5.59. The Kier molecular flexibility index (Phi) is 6.74. The topological polar surface area (TPSA) is 79.3 Å². The van der Waals surface area contributed by atoms with Crippen LogP contribution in [0, 0.1) is 0 Å². The molecule has 33 heavy (non-hydrogen) atoms. The highest BCUT2D eigenvalue weighted by atomic mass is 35.5. The van der Waals surface area contributed by atoms with Crippen molar-refractivity contribution in [3.63, 3.8) is 0 Å². The average Bonchev–Trinajstić information content (AvgIpc) is 3.20. The molecule has 1 aromatic carbocycles. The summed E-state index contributed by atoms with van der Waals surface area (Å²) < 4.78 is 5.27. The number of nitrogens with one attached hydrogen (secondary N) is 2. The monoisotopic (exact) mass is 486 g/mol. The number of rotatable bonds is 7. The molecule has 2 heterocycles. The van der Waals surface area contributed by atoms with Gasteiger partial charge >= 0.3 is 0 Å². The van der Waals surface area contributed by atoms with Crippen LogP contribution < -0.4 is 15.4 Å². The fourth-order valence-electron chi connectivity index (χ4n) is 4.97. The van der Waals surface area contributed by atoms with E-state index in [1.165, 1.54) is 29.7 Å². The minimum Gasteiger partial charge on any atom is -0.495 e. The third-order valence-corrected chi connectivity index (χ3v) is 8.27. The second-order valence-electron chi connectivity index (χ2n) is 9.15. The van der Waals surface area contributed by atoms with Gasteiger partial charge in [-0.15, -0.1) is 11.3 Å². The fraction of sp³-hybridized carbons (Fsp3) is 0.520. The smallest absolute Gasteiger partial charge is 0.146 e. The van der Waals surface area contributed by atoms with Crippen LogP contribution in [-0.2, 0) is 25.9 Å². The normalized spacial score (nSPS) is 17.7. The molecule has 176 valence electrons. The zero-order valence-electron chi connectivity index (χ0n) is 19.0. The molecule has 2 aromatic heterocycles. The largest absolute Gasteiger partial charge is 0.495 e. The summed E-state index contributed by atoms with van der Waals surface area (Å²) in [6.07, 6.45) is 9.52. The van der Waals surface area contributed by atoms with Gasteiger partial charge in [0.1, 0.15) is 27.9 Å². The molecule has 0 bridgehead atoms. The number of nitrogens with zero attached hydrogens (tertiary/aromatic N) is 2. The van der Waals surface area contributed by atoms with Crippen LogP contribution in [-0.4, -0.2) is 27.9 Å². The van der Waals surface area contributed by atoms with Crippen LogP contribution in [0.2, 0.25) is 5.02 Å². The number of hydrogen-bond acceptors (Lipinski definition) is 7. The van der Waals surface area contributed by atoms with E-state index in [1.54, 1.807) is 18.4 Å². The van der Waals surface area contributed by atoms with E-state index in [4.69, 9.17) is 26.3 Å². The highest BCUT2D eigenvalue weighted by Crippen LogP contribution is 2.39. The molecule has 0 radical (unpaired) electrons. The molecule has 0 atom stereocenters. The molecule has 1 fully saturated rings. The van der Waals surface area contributed by atoms with Crippen molar-refractivity contribution in [2.24, 2.45) is 0 Å². The van der Waals surface area contributed by atoms with Gasteiger partial charge in [-0.1, -0.05) is 24.1 Å². The van der Waals surface area contributed by atoms with Crippen molar-refractivity contribution >= 4 is 39.0 Å². The lowest BCUT2D eigenvalue weighted by Crippen LogP contribution is -2.46. The van der Waals surface area contributed by atoms with Gasteiger partial charge in [0.25, 0.3) is 0 Å². The van der Waals surface area contributed by atoms with E-state index in [1.807, 2.05) is 18.2 Å². The third-order valence-electron chi connectivity index (χ3n) is 6.79. The number of anilines is 1. The summed E-state index contributed by atoms with van der Waals surface area (Å²) in [5.74, 6) is 2.26. The van der Waals surface area contributed by atoms with Gasteiger partial charge in [0, 0.05) is 11.4 Å². The van der Waals surface area contributed by atoms with Crippen LogP contribution in [0.4, 0.5) is 5.82 Å². The maximum absolute atomic E-state index is 10.9. The lowest BCUT2D eigenvalue weighted by molar-refractivity contribution is -0.0301. The van der Waals surface area contributed by atoms with E-state index in [9.17, 15) is 5.11 Å². The summed E-state index contributed by atoms with van der Waals surface area (Å²) in [5, 5.41) is 19.5. The lowest BCUT2D eigenvalue weighted by Gasteiger charge is -2.32. The molecule has 0 spiro atoms. The van der Waals surface area contributed by atoms with Crippen LogP contribution in [0.1, 0.15) is 66.8 Å². The summed E-state index contributed by atoms with van der Waals surface area (Å²) in [6.45, 7) is 1.06. The summed E-state index contributed by atoms with van der Waals surface area (Å²) in [4.78, 5) is 12.3. The van der Waals surface area contributed by atoms with Crippen molar-refractivity contribution in [2.75, 3.05) is 12.4 Å². The van der Waals surface area contributed by atoms with Gasteiger partial charge in [0.05, 0.1) is 24.1 Å². The summed E-state index contributed by atoms with van der Waals surface area (Å²) in [6, 6.07) is 5.83. The third kappa shape index (κ3) is 4.97. The molecular weight excluding hydrogens is 456 g/mol. The van der Waals surface area contributed by atoms with Crippen LogP contribution in [0.25, 0.3) is 10.2 Å². The van der Waals surface area contributed by atoms with Crippen LogP contribution in [0.5, 0.6) is 5.75 Å². The number of hydrogen-bond donors (Lipinski definition) is 3. The fourth-order valence-corrected chi connectivity index (χ4v) is 6.53. The first-order chi connectivity index (χ1) is 16.0. The number of aryl methyl sites for hydroxylation is 2. The zero-order chi connectivity index (χ0) is 22.8. The van der Waals surface area contributed by atoms with Gasteiger partial charge in [-0.25, -0.2) is 9.97 Å². The Bertz CT molecular complexity index is 1140. The molecular formula is C25H31ClN4O2S. The molecule has 6 nitrogen and oxygen atoms in total. The SMILES string of the molecule is COc1ccc(CNc2nc(CNC3(O)CCCCC3)nc3sc4c(c23)CCCC4)cc1Cl. The van der Waals surface area contributed by atoms with Gasteiger partial charge in [-0.3, -0.25) is 5.32 Å². The molecule has 1 saturated carbocycles. The van der Waals surface area contributed by atoms with Crippen LogP contribution >= 0.6 is 22.9 Å².